The van der Waals surface area contributed by atoms with Crippen molar-refractivity contribution in [2.75, 3.05) is 20.3 Å². The van der Waals surface area contributed by atoms with Crippen LogP contribution < -0.4 is 14.2 Å². The number of carbonyl (C=O) groups is 2. The number of halogens is 1. The van der Waals surface area contributed by atoms with E-state index in [1.54, 1.807) is 55.6 Å². The van der Waals surface area contributed by atoms with Crippen molar-refractivity contribution in [1.29, 1.82) is 0 Å². The number of hydrogen-bond donors (Lipinski definition) is 1. The number of amides is 1. The SMILES string of the molecule is CCOc1ccc(C2/C(=C(/O)c3ccc(Cl)c(OCC)c3)C(=O)C(=O)N2Cc2ccccc2OC)cc1. The second-order valence-electron chi connectivity index (χ2n) is 8.32. The number of para-hydroxylation sites is 1. The Morgan fingerprint density at radius 1 is 0.946 bits per heavy atom. The highest BCUT2D eigenvalue weighted by Gasteiger charge is 2.46. The highest BCUT2D eigenvalue weighted by atomic mass is 35.5. The zero-order chi connectivity index (χ0) is 26.5. The van der Waals surface area contributed by atoms with Crippen LogP contribution in [0.25, 0.3) is 5.76 Å². The van der Waals surface area contributed by atoms with E-state index < -0.39 is 17.7 Å². The van der Waals surface area contributed by atoms with Gasteiger partial charge in [-0.3, -0.25) is 9.59 Å². The summed E-state index contributed by atoms with van der Waals surface area (Å²) in [6.07, 6.45) is 0. The summed E-state index contributed by atoms with van der Waals surface area (Å²) in [6, 6.07) is 18.3. The van der Waals surface area contributed by atoms with Crippen molar-refractivity contribution in [1.82, 2.24) is 4.90 Å². The molecule has 1 amide bonds. The lowest BCUT2D eigenvalue weighted by molar-refractivity contribution is -0.140. The fourth-order valence-electron chi connectivity index (χ4n) is 4.39. The summed E-state index contributed by atoms with van der Waals surface area (Å²) in [5.41, 5.74) is 1.68. The molecule has 8 heteroatoms. The van der Waals surface area contributed by atoms with Crippen molar-refractivity contribution in [2.45, 2.75) is 26.4 Å². The monoisotopic (exact) mass is 521 g/mol. The third kappa shape index (κ3) is 5.27. The molecule has 0 bridgehead atoms. The van der Waals surface area contributed by atoms with Gasteiger partial charge in [0.1, 0.15) is 23.0 Å². The molecule has 1 N–H and O–H groups in total. The summed E-state index contributed by atoms with van der Waals surface area (Å²) in [7, 11) is 1.55. The molecule has 37 heavy (non-hydrogen) atoms. The van der Waals surface area contributed by atoms with E-state index in [0.717, 1.165) is 5.56 Å². The van der Waals surface area contributed by atoms with Gasteiger partial charge in [0, 0.05) is 11.1 Å². The van der Waals surface area contributed by atoms with Gasteiger partial charge in [-0.05, 0) is 55.8 Å². The summed E-state index contributed by atoms with van der Waals surface area (Å²) in [5, 5.41) is 11.8. The van der Waals surface area contributed by atoms with Crippen molar-refractivity contribution < 1.29 is 28.9 Å². The highest BCUT2D eigenvalue weighted by molar-refractivity contribution is 6.46. The van der Waals surface area contributed by atoms with Crippen LogP contribution in [0.15, 0.2) is 72.3 Å². The number of ketones is 1. The molecular weight excluding hydrogens is 494 g/mol. The molecule has 1 aliphatic rings. The van der Waals surface area contributed by atoms with Crippen LogP contribution in [0.4, 0.5) is 0 Å². The molecule has 1 saturated heterocycles. The van der Waals surface area contributed by atoms with Gasteiger partial charge >= 0.3 is 0 Å². The van der Waals surface area contributed by atoms with Crippen LogP contribution in [0.1, 0.15) is 36.6 Å². The number of Topliss-reactive ketones (excluding diaryl/α,β-unsaturated/α-hetero) is 1. The Balaban J connectivity index is 1.86. The van der Waals surface area contributed by atoms with Gasteiger partial charge in [0.2, 0.25) is 0 Å². The van der Waals surface area contributed by atoms with Crippen LogP contribution >= 0.6 is 11.6 Å². The van der Waals surface area contributed by atoms with Crippen molar-refractivity contribution in [3.05, 3.63) is 94.0 Å². The summed E-state index contributed by atoms with van der Waals surface area (Å²) < 4.78 is 16.6. The summed E-state index contributed by atoms with van der Waals surface area (Å²) in [6.45, 7) is 4.69. The molecule has 1 atom stereocenters. The number of nitrogens with zero attached hydrogens (tertiary/aromatic N) is 1. The second kappa shape index (κ2) is 11.4. The average Bonchev–Trinajstić information content (AvgIpc) is 3.15. The summed E-state index contributed by atoms with van der Waals surface area (Å²) in [5.74, 6) is -0.183. The number of hydrogen-bond acceptors (Lipinski definition) is 6. The van der Waals surface area contributed by atoms with Crippen LogP contribution in [0, 0.1) is 0 Å². The van der Waals surface area contributed by atoms with Gasteiger partial charge in [-0.2, -0.15) is 0 Å². The van der Waals surface area contributed by atoms with E-state index in [2.05, 4.69) is 0 Å². The van der Waals surface area contributed by atoms with E-state index in [4.69, 9.17) is 25.8 Å². The number of likely N-dealkylation sites (tertiary alicyclic amines) is 1. The quantitative estimate of drug-likeness (QED) is 0.219. The Hall–Kier alpha value is -3.97. The first-order chi connectivity index (χ1) is 17.9. The van der Waals surface area contributed by atoms with Gasteiger partial charge in [-0.1, -0.05) is 41.9 Å². The smallest absolute Gasteiger partial charge is 0.295 e. The Morgan fingerprint density at radius 2 is 1.65 bits per heavy atom. The molecule has 1 fully saturated rings. The minimum absolute atomic E-state index is 0.0196. The van der Waals surface area contributed by atoms with Crippen LogP contribution in [0.3, 0.4) is 0 Å². The van der Waals surface area contributed by atoms with Crippen LogP contribution in [-0.2, 0) is 16.1 Å². The van der Waals surface area contributed by atoms with Crippen molar-refractivity contribution in [3.63, 3.8) is 0 Å². The summed E-state index contributed by atoms with van der Waals surface area (Å²) >= 11 is 6.22. The van der Waals surface area contributed by atoms with Gasteiger partial charge in [0.15, 0.2) is 0 Å². The number of carbonyl (C=O) groups excluding carboxylic acids is 2. The highest BCUT2D eigenvalue weighted by Crippen LogP contribution is 2.42. The number of benzene rings is 3. The van der Waals surface area contributed by atoms with Crippen LogP contribution in [-0.4, -0.2) is 42.0 Å². The van der Waals surface area contributed by atoms with E-state index in [-0.39, 0.29) is 17.9 Å². The fourth-order valence-corrected chi connectivity index (χ4v) is 4.56. The van der Waals surface area contributed by atoms with Crippen LogP contribution in [0.2, 0.25) is 5.02 Å². The van der Waals surface area contributed by atoms with E-state index in [0.29, 0.717) is 46.6 Å². The fraction of sp³-hybridized carbons (Fsp3) is 0.241. The van der Waals surface area contributed by atoms with Gasteiger partial charge < -0.3 is 24.2 Å². The minimum atomic E-state index is -0.841. The maximum Gasteiger partial charge on any atom is 0.295 e. The Bertz CT molecular complexity index is 1330. The molecular formula is C29H28ClNO6. The van der Waals surface area contributed by atoms with Gasteiger partial charge in [-0.15, -0.1) is 0 Å². The number of methoxy groups -OCH3 is 1. The molecule has 0 spiro atoms. The predicted molar refractivity (Wildman–Crippen MR) is 141 cm³/mol. The lowest BCUT2D eigenvalue weighted by Crippen LogP contribution is -2.29. The van der Waals surface area contributed by atoms with E-state index >= 15 is 0 Å². The van der Waals surface area contributed by atoms with Gasteiger partial charge in [0.05, 0.1) is 43.5 Å². The van der Waals surface area contributed by atoms with Crippen molar-refractivity contribution in [2.24, 2.45) is 0 Å². The lowest BCUT2D eigenvalue weighted by Gasteiger charge is -2.26. The molecule has 0 aromatic heterocycles. The van der Waals surface area contributed by atoms with E-state index in [9.17, 15) is 14.7 Å². The van der Waals surface area contributed by atoms with E-state index in [1.807, 2.05) is 32.0 Å². The zero-order valence-corrected chi connectivity index (χ0v) is 21.6. The Morgan fingerprint density at radius 3 is 2.32 bits per heavy atom. The first kappa shape index (κ1) is 26.1. The average molecular weight is 522 g/mol. The first-order valence-electron chi connectivity index (χ1n) is 11.9. The maximum atomic E-state index is 13.4. The topological polar surface area (TPSA) is 85.3 Å². The van der Waals surface area contributed by atoms with Gasteiger partial charge in [0.25, 0.3) is 11.7 Å². The predicted octanol–water partition coefficient (Wildman–Crippen LogP) is 5.77. The standard InChI is InChI=1S/C29H28ClNO6/c1-4-36-21-13-10-18(11-14-21)26-25(27(32)19-12-15-22(30)24(16-19)37-5-2)28(33)29(34)31(26)17-20-8-6-7-9-23(20)35-3/h6-16,26,32H,4-5,17H2,1-3H3/b27-25-. The molecule has 0 aliphatic carbocycles. The third-order valence-electron chi connectivity index (χ3n) is 6.08. The first-order valence-corrected chi connectivity index (χ1v) is 12.3. The molecule has 1 aliphatic heterocycles. The number of rotatable bonds is 9. The van der Waals surface area contributed by atoms with Crippen LogP contribution in [0.5, 0.6) is 17.2 Å². The molecule has 1 heterocycles. The lowest BCUT2D eigenvalue weighted by atomic mass is 9.95. The van der Waals surface area contributed by atoms with Crippen molar-refractivity contribution in [3.8, 4) is 17.2 Å². The normalized spacial score (nSPS) is 16.6. The summed E-state index contributed by atoms with van der Waals surface area (Å²) in [4.78, 5) is 28.2. The molecule has 3 aromatic carbocycles. The Labute approximate surface area is 220 Å². The number of aliphatic hydroxyl groups is 1. The zero-order valence-electron chi connectivity index (χ0n) is 20.9. The molecule has 0 radical (unpaired) electrons. The Kier molecular flexibility index (Phi) is 8.04. The molecule has 192 valence electrons. The van der Waals surface area contributed by atoms with Gasteiger partial charge in [-0.25, -0.2) is 0 Å². The van der Waals surface area contributed by atoms with Crippen molar-refractivity contribution >= 4 is 29.1 Å². The van der Waals surface area contributed by atoms with E-state index in [1.165, 1.54) is 4.90 Å². The molecule has 7 nitrogen and oxygen atoms in total. The molecule has 3 aromatic rings. The molecule has 4 rings (SSSR count). The minimum Gasteiger partial charge on any atom is -0.507 e. The number of aliphatic hydroxyl groups excluding tert-OH is 1. The second-order valence-corrected chi connectivity index (χ2v) is 8.73. The molecule has 1 unspecified atom stereocenters. The molecule has 0 saturated carbocycles. The number of ether oxygens (including phenoxy) is 3. The largest absolute Gasteiger partial charge is 0.507 e. The third-order valence-corrected chi connectivity index (χ3v) is 6.40. The maximum absolute atomic E-state index is 13.4.